The van der Waals surface area contributed by atoms with E-state index in [0.717, 1.165) is 16.7 Å². The van der Waals surface area contributed by atoms with Gasteiger partial charge in [-0.2, -0.15) is 0 Å². The van der Waals surface area contributed by atoms with Crippen LogP contribution in [0.1, 0.15) is 27.0 Å². The number of amides is 1. The standard InChI is InChI=1S/C18H19NO3/c1-13-7-6-8-14(2)17(13)18(21)22-12-16(20)19-11-15-9-4-3-5-10-15/h3-10H,11-12H2,1-2H3,(H,19,20). The fourth-order valence-electron chi connectivity index (χ4n) is 2.19. The Morgan fingerprint density at radius 1 is 0.955 bits per heavy atom. The van der Waals surface area contributed by atoms with Gasteiger partial charge in [-0.15, -0.1) is 0 Å². The van der Waals surface area contributed by atoms with Crippen molar-refractivity contribution in [1.82, 2.24) is 5.32 Å². The Kier molecular flexibility index (Phi) is 5.31. The number of nitrogens with one attached hydrogen (secondary N) is 1. The minimum absolute atomic E-state index is 0.278. The van der Waals surface area contributed by atoms with Crippen LogP contribution in [0.5, 0.6) is 0 Å². The van der Waals surface area contributed by atoms with Crippen LogP contribution in [0.3, 0.4) is 0 Å². The molecule has 1 N–H and O–H groups in total. The second-order valence-corrected chi connectivity index (χ2v) is 5.11. The molecular weight excluding hydrogens is 278 g/mol. The number of benzene rings is 2. The highest BCUT2D eigenvalue weighted by atomic mass is 16.5. The number of hydrogen-bond acceptors (Lipinski definition) is 3. The van der Waals surface area contributed by atoms with Crippen molar-refractivity contribution in [3.8, 4) is 0 Å². The lowest BCUT2D eigenvalue weighted by Crippen LogP contribution is -2.28. The summed E-state index contributed by atoms with van der Waals surface area (Å²) in [5.41, 5.74) is 3.21. The summed E-state index contributed by atoms with van der Waals surface area (Å²) in [4.78, 5) is 23.8. The fraction of sp³-hybridized carbons (Fsp3) is 0.222. The van der Waals surface area contributed by atoms with Gasteiger partial charge in [0.1, 0.15) is 0 Å². The Bertz CT molecular complexity index is 645. The first kappa shape index (κ1) is 15.8. The number of ether oxygens (including phenoxy) is 1. The van der Waals surface area contributed by atoms with Crippen molar-refractivity contribution >= 4 is 11.9 Å². The smallest absolute Gasteiger partial charge is 0.339 e. The normalized spacial score (nSPS) is 10.1. The van der Waals surface area contributed by atoms with Crippen LogP contribution < -0.4 is 5.32 Å². The van der Waals surface area contributed by atoms with Gasteiger partial charge in [0, 0.05) is 6.54 Å². The van der Waals surface area contributed by atoms with Crippen LogP contribution in [0.2, 0.25) is 0 Å². The number of rotatable bonds is 5. The molecule has 0 bridgehead atoms. The van der Waals surface area contributed by atoms with Crippen molar-refractivity contribution in [3.63, 3.8) is 0 Å². The van der Waals surface area contributed by atoms with Crippen molar-refractivity contribution in [2.45, 2.75) is 20.4 Å². The van der Waals surface area contributed by atoms with E-state index in [4.69, 9.17) is 4.74 Å². The molecule has 0 unspecified atom stereocenters. The van der Waals surface area contributed by atoms with Crippen molar-refractivity contribution in [3.05, 3.63) is 70.8 Å². The van der Waals surface area contributed by atoms with Crippen LogP contribution in [-0.4, -0.2) is 18.5 Å². The first-order chi connectivity index (χ1) is 10.6. The quantitative estimate of drug-likeness (QED) is 0.863. The Morgan fingerprint density at radius 2 is 1.59 bits per heavy atom. The summed E-state index contributed by atoms with van der Waals surface area (Å²) in [7, 11) is 0. The van der Waals surface area contributed by atoms with Crippen LogP contribution in [0.4, 0.5) is 0 Å². The van der Waals surface area contributed by atoms with Gasteiger partial charge in [-0.1, -0.05) is 48.5 Å². The molecule has 0 radical (unpaired) electrons. The van der Waals surface area contributed by atoms with Gasteiger partial charge in [-0.3, -0.25) is 4.79 Å². The second kappa shape index (κ2) is 7.41. The zero-order valence-electron chi connectivity index (χ0n) is 12.8. The van der Waals surface area contributed by atoms with Gasteiger partial charge >= 0.3 is 5.97 Å². The third kappa shape index (κ3) is 4.19. The third-order valence-corrected chi connectivity index (χ3v) is 3.35. The molecule has 0 aliphatic heterocycles. The van der Waals surface area contributed by atoms with Crippen molar-refractivity contribution in [1.29, 1.82) is 0 Å². The minimum atomic E-state index is -0.467. The molecule has 0 saturated carbocycles. The number of carbonyl (C=O) groups is 2. The summed E-state index contributed by atoms with van der Waals surface area (Å²) < 4.78 is 5.09. The molecule has 0 saturated heterocycles. The highest BCUT2D eigenvalue weighted by Gasteiger charge is 2.14. The fourth-order valence-corrected chi connectivity index (χ4v) is 2.19. The molecule has 4 heteroatoms. The van der Waals surface area contributed by atoms with Crippen molar-refractivity contribution < 1.29 is 14.3 Å². The maximum atomic E-state index is 12.1. The molecule has 0 heterocycles. The van der Waals surface area contributed by atoms with E-state index in [1.165, 1.54) is 0 Å². The number of carbonyl (C=O) groups excluding carboxylic acids is 2. The van der Waals surface area contributed by atoms with E-state index in [9.17, 15) is 9.59 Å². The molecular formula is C18H19NO3. The van der Waals surface area contributed by atoms with Crippen LogP contribution in [0.15, 0.2) is 48.5 Å². The topological polar surface area (TPSA) is 55.4 Å². The van der Waals surface area contributed by atoms with Gasteiger partial charge in [0.05, 0.1) is 5.56 Å². The van der Waals surface area contributed by atoms with Crippen LogP contribution in [0, 0.1) is 13.8 Å². The van der Waals surface area contributed by atoms with E-state index in [1.54, 1.807) is 0 Å². The Hall–Kier alpha value is -2.62. The monoisotopic (exact) mass is 297 g/mol. The maximum absolute atomic E-state index is 12.1. The molecule has 114 valence electrons. The molecule has 2 rings (SSSR count). The van der Waals surface area contributed by atoms with Gasteiger partial charge < -0.3 is 10.1 Å². The largest absolute Gasteiger partial charge is 0.452 e. The lowest BCUT2D eigenvalue weighted by molar-refractivity contribution is -0.124. The Morgan fingerprint density at radius 3 is 2.23 bits per heavy atom. The van der Waals surface area contributed by atoms with Gasteiger partial charge in [-0.05, 0) is 30.5 Å². The number of esters is 1. The molecule has 0 aromatic heterocycles. The summed E-state index contributed by atoms with van der Waals surface area (Å²) >= 11 is 0. The predicted octanol–water partition coefficient (Wildman–Crippen LogP) is 2.78. The highest BCUT2D eigenvalue weighted by molar-refractivity contribution is 5.94. The minimum Gasteiger partial charge on any atom is -0.452 e. The van der Waals surface area contributed by atoms with E-state index in [1.807, 2.05) is 62.4 Å². The van der Waals surface area contributed by atoms with E-state index in [0.29, 0.717) is 12.1 Å². The van der Waals surface area contributed by atoms with Crippen LogP contribution >= 0.6 is 0 Å². The Labute approximate surface area is 130 Å². The van der Waals surface area contributed by atoms with Crippen LogP contribution in [-0.2, 0) is 16.1 Å². The predicted molar refractivity (Wildman–Crippen MR) is 84.5 cm³/mol. The molecule has 0 atom stereocenters. The van der Waals surface area contributed by atoms with Gasteiger partial charge in [0.2, 0.25) is 0 Å². The summed E-state index contributed by atoms with van der Waals surface area (Å²) in [6.07, 6.45) is 0. The highest BCUT2D eigenvalue weighted by Crippen LogP contribution is 2.14. The summed E-state index contributed by atoms with van der Waals surface area (Å²) in [6, 6.07) is 15.1. The third-order valence-electron chi connectivity index (χ3n) is 3.35. The average Bonchev–Trinajstić information content (AvgIpc) is 2.52. The van der Waals surface area contributed by atoms with Gasteiger partial charge in [0.15, 0.2) is 6.61 Å². The van der Waals surface area contributed by atoms with E-state index in [-0.39, 0.29) is 12.5 Å². The van der Waals surface area contributed by atoms with Gasteiger partial charge in [-0.25, -0.2) is 4.79 Å². The molecule has 4 nitrogen and oxygen atoms in total. The Balaban J connectivity index is 1.85. The molecule has 1 amide bonds. The first-order valence-corrected chi connectivity index (χ1v) is 7.12. The molecule has 0 aliphatic rings. The molecule has 2 aromatic carbocycles. The molecule has 0 fully saturated rings. The summed E-state index contributed by atoms with van der Waals surface area (Å²) in [6.45, 7) is 3.83. The second-order valence-electron chi connectivity index (χ2n) is 5.11. The number of hydrogen-bond donors (Lipinski definition) is 1. The zero-order valence-corrected chi connectivity index (χ0v) is 12.8. The van der Waals surface area contributed by atoms with E-state index >= 15 is 0 Å². The lowest BCUT2D eigenvalue weighted by atomic mass is 10.0. The molecule has 0 spiro atoms. The molecule has 0 aliphatic carbocycles. The number of aryl methyl sites for hydroxylation is 2. The van der Waals surface area contributed by atoms with Crippen LogP contribution in [0.25, 0.3) is 0 Å². The van der Waals surface area contributed by atoms with Crippen molar-refractivity contribution in [2.75, 3.05) is 6.61 Å². The van der Waals surface area contributed by atoms with E-state index in [2.05, 4.69) is 5.32 Å². The molecule has 22 heavy (non-hydrogen) atoms. The summed E-state index contributed by atoms with van der Waals surface area (Å²) in [5, 5.41) is 2.72. The van der Waals surface area contributed by atoms with E-state index < -0.39 is 5.97 Å². The first-order valence-electron chi connectivity index (χ1n) is 7.12. The lowest BCUT2D eigenvalue weighted by Gasteiger charge is -2.10. The zero-order chi connectivity index (χ0) is 15.9. The summed E-state index contributed by atoms with van der Waals surface area (Å²) in [5.74, 6) is -0.783. The molecule has 2 aromatic rings. The maximum Gasteiger partial charge on any atom is 0.339 e. The van der Waals surface area contributed by atoms with Gasteiger partial charge in [0.25, 0.3) is 5.91 Å². The SMILES string of the molecule is Cc1cccc(C)c1C(=O)OCC(=O)NCc1ccccc1. The van der Waals surface area contributed by atoms with Crippen molar-refractivity contribution in [2.24, 2.45) is 0 Å². The average molecular weight is 297 g/mol.